The van der Waals surface area contributed by atoms with Gasteiger partial charge >= 0.3 is 16.2 Å². The molecule has 112 valence electrons. The van der Waals surface area contributed by atoms with Gasteiger partial charge in [-0.05, 0) is 12.1 Å². The lowest BCUT2D eigenvalue weighted by Crippen LogP contribution is -2.34. The molecule has 0 atom stereocenters. The van der Waals surface area contributed by atoms with E-state index in [1.165, 1.54) is 19.2 Å². The highest BCUT2D eigenvalue weighted by Crippen LogP contribution is 2.32. The number of carboxylic acids is 1. The van der Waals surface area contributed by atoms with Crippen LogP contribution in [0.5, 0.6) is 0 Å². The van der Waals surface area contributed by atoms with Gasteiger partial charge in [-0.2, -0.15) is 12.7 Å². The van der Waals surface area contributed by atoms with Crippen molar-refractivity contribution in [2.24, 2.45) is 0 Å². The molecule has 0 aliphatic carbocycles. The Morgan fingerprint density at radius 2 is 1.80 bits per heavy atom. The number of carbonyl (C=O) groups is 1. The molecule has 1 aromatic carbocycles. The van der Waals surface area contributed by atoms with E-state index in [0.29, 0.717) is 0 Å². The van der Waals surface area contributed by atoms with Crippen molar-refractivity contribution < 1.29 is 18.3 Å². The van der Waals surface area contributed by atoms with E-state index in [9.17, 15) is 13.2 Å². The minimum atomic E-state index is -3.93. The van der Waals surface area contributed by atoms with Crippen LogP contribution in [0.25, 0.3) is 0 Å². The van der Waals surface area contributed by atoms with Crippen LogP contribution in [0, 0.1) is 0 Å². The summed E-state index contributed by atoms with van der Waals surface area (Å²) in [5, 5.41) is 8.95. The van der Waals surface area contributed by atoms with Crippen molar-refractivity contribution >= 4 is 56.7 Å². The molecule has 1 aromatic rings. The third-order valence-corrected chi connectivity index (χ3v) is 4.82. The minimum absolute atomic E-state index is 0.0586. The second kappa shape index (κ2) is 6.82. The van der Waals surface area contributed by atoms with Crippen LogP contribution in [-0.2, 0) is 15.0 Å². The highest BCUT2D eigenvalue weighted by molar-refractivity contribution is 7.90. The SMILES string of the molecule is CN(CCC(=O)O)S(=O)(=O)Nc1cc(Cl)c(Cl)cc1Cl. The predicted molar refractivity (Wildman–Crippen MR) is 78.9 cm³/mol. The van der Waals surface area contributed by atoms with Gasteiger partial charge in [-0.25, -0.2) is 0 Å². The van der Waals surface area contributed by atoms with Crippen LogP contribution in [0.1, 0.15) is 6.42 Å². The summed E-state index contributed by atoms with van der Waals surface area (Å²) in [5.74, 6) is -1.10. The quantitative estimate of drug-likeness (QED) is 0.763. The number of benzene rings is 1. The molecule has 0 aromatic heterocycles. The average Bonchev–Trinajstić information content (AvgIpc) is 2.32. The molecule has 0 radical (unpaired) electrons. The van der Waals surface area contributed by atoms with Crippen molar-refractivity contribution in [3.63, 3.8) is 0 Å². The highest BCUT2D eigenvalue weighted by atomic mass is 35.5. The molecule has 0 bridgehead atoms. The first-order valence-electron chi connectivity index (χ1n) is 5.24. The van der Waals surface area contributed by atoms with Crippen LogP contribution in [0.3, 0.4) is 0 Å². The van der Waals surface area contributed by atoms with E-state index in [0.717, 1.165) is 4.31 Å². The van der Waals surface area contributed by atoms with Crippen LogP contribution in [0.15, 0.2) is 12.1 Å². The lowest BCUT2D eigenvalue weighted by atomic mass is 10.3. The van der Waals surface area contributed by atoms with E-state index in [1.807, 2.05) is 0 Å². The molecule has 0 fully saturated rings. The van der Waals surface area contributed by atoms with Crippen molar-refractivity contribution in [2.45, 2.75) is 6.42 Å². The summed E-state index contributed by atoms with van der Waals surface area (Å²) in [6.07, 6.45) is -0.313. The second-order valence-corrected chi connectivity index (χ2v) is 6.82. The van der Waals surface area contributed by atoms with E-state index in [1.54, 1.807) is 0 Å². The lowest BCUT2D eigenvalue weighted by molar-refractivity contribution is -0.137. The number of aliphatic carboxylic acids is 1. The molecule has 0 aliphatic rings. The van der Waals surface area contributed by atoms with Crippen LogP contribution < -0.4 is 4.72 Å². The van der Waals surface area contributed by atoms with Crippen molar-refractivity contribution in [1.29, 1.82) is 0 Å². The van der Waals surface area contributed by atoms with E-state index in [2.05, 4.69) is 4.72 Å². The van der Waals surface area contributed by atoms with Crippen LogP contribution in [0.4, 0.5) is 5.69 Å². The highest BCUT2D eigenvalue weighted by Gasteiger charge is 2.20. The summed E-state index contributed by atoms with van der Waals surface area (Å²) in [5.41, 5.74) is 0.0586. The number of carboxylic acid groups (broad SMARTS) is 1. The molecule has 0 unspecified atom stereocenters. The van der Waals surface area contributed by atoms with Gasteiger partial charge < -0.3 is 5.11 Å². The minimum Gasteiger partial charge on any atom is -0.481 e. The Hall–Kier alpha value is -0.730. The van der Waals surface area contributed by atoms with Gasteiger partial charge in [0.2, 0.25) is 0 Å². The Morgan fingerprint density at radius 3 is 2.35 bits per heavy atom. The fourth-order valence-electron chi connectivity index (χ4n) is 1.19. The zero-order chi connectivity index (χ0) is 15.5. The normalized spacial score (nSPS) is 11.7. The van der Waals surface area contributed by atoms with Gasteiger partial charge in [0.1, 0.15) is 0 Å². The molecule has 1 rings (SSSR count). The monoisotopic (exact) mass is 360 g/mol. The molecule has 0 saturated heterocycles. The first-order chi connectivity index (χ1) is 9.13. The number of anilines is 1. The van der Waals surface area contributed by atoms with Gasteiger partial charge in [0, 0.05) is 13.6 Å². The molecule has 0 aliphatic heterocycles. The van der Waals surface area contributed by atoms with Gasteiger partial charge in [-0.3, -0.25) is 9.52 Å². The van der Waals surface area contributed by atoms with Crippen LogP contribution >= 0.6 is 34.8 Å². The molecule has 20 heavy (non-hydrogen) atoms. The Bertz CT molecular complexity index is 621. The summed E-state index contributed by atoms with van der Waals surface area (Å²) in [4.78, 5) is 10.4. The third-order valence-electron chi connectivity index (χ3n) is 2.30. The first-order valence-corrected chi connectivity index (χ1v) is 7.81. The first kappa shape index (κ1) is 17.3. The second-order valence-electron chi connectivity index (χ2n) is 3.82. The van der Waals surface area contributed by atoms with Gasteiger partial charge in [-0.1, -0.05) is 34.8 Å². The van der Waals surface area contributed by atoms with Gasteiger partial charge in [0.05, 0.1) is 27.2 Å². The molecule has 0 saturated carbocycles. The van der Waals surface area contributed by atoms with Gasteiger partial charge in [0.25, 0.3) is 0 Å². The number of hydrogen-bond acceptors (Lipinski definition) is 3. The summed E-state index contributed by atoms with van der Waals surface area (Å²) in [6.45, 7) is -0.177. The Kier molecular flexibility index (Phi) is 5.91. The zero-order valence-electron chi connectivity index (χ0n) is 10.2. The fraction of sp³-hybridized carbons (Fsp3) is 0.300. The number of nitrogens with zero attached hydrogens (tertiary/aromatic N) is 1. The van der Waals surface area contributed by atoms with Crippen LogP contribution in [-0.4, -0.2) is 37.4 Å². The molecular formula is C10H11Cl3N2O4S. The van der Waals surface area contributed by atoms with Gasteiger partial charge in [-0.15, -0.1) is 0 Å². The predicted octanol–water partition coefficient (Wildman–Crippen LogP) is 2.71. The van der Waals surface area contributed by atoms with E-state index in [4.69, 9.17) is 39.9 Å². The number of nitrogens with one attached hydrogen (secondary N) is 1. The summed E-state index contributed by atoms with van der Waals surface area (Å²) < 4.78 is 27.0. The fourth-order valence-corrected chi connectivity index (χ4v) is 2.78. The molecule has 2 N–H and O–H groups in total. The van der Waals surface area contributed by atoms with E-state index in [-0.39, 0.29) is 33.7 Å². The average molecular weight is 362 g/mol. The molecule has 0 heterocycles. The van der Waals surface area contributed by atoms with Gasteiger partial charge in [0.15, 0.2) is 0 Å². The molecule has 10 heteroatoms. The number of hydrogen-bond donors (Lipinski definition) is 2. The van der Waals surface area contributed by atoms with E-state index < -0.39 is 16.2 Å². The lowest BCUT2D eigenvalue weighted by Gasteiger charge is -2.18. The van der Waals surface area contributed by atoms with Crippen molar-refractivity contribution in [3.05, 3.63) is 27.2 Å². The van der Waals surface area contributed by atoms with Crippen LogP contribution in [0.2, 0.25) is 15.1 Å². The maximum atomic E-state index is 11.9. The van der Waals surface area contributed by atoms with Crippen molar-refractivity contribution in [2.75, 3.05) is 18.3 Å². The number of rotatable bonds is 6. The molecule has 6 nitrogen and oxygen atoms in total. The maximum Gasteiger partial charge on any atom is 0.304 e. The molecule has 0 amide bonds. The Balaban J connectivity index is 2.91. The molecule has 0 spiro atoms. The summed E-state index contributed by atoms with van der Waals surface area (Å²) in [6, 6.07) is 2.58. The zero-order valence-corrected chi connectivity index (χ0v) is 13.3. The smallest absolute Gasteiger partial charge is 0.304 e. The van der Waals surface area contributed by atoms with E-state index >= 15 is 0 Å². The summed E-state index contributed by atoms with van der Waals surface area (Å²) in [7, 11) is -2.68. The standard InChI is InChI=1S/C10H11Cl3N2O4S/c1-15(3-2-10(16)17)20(18,19)14-9-5-7(12)6(11)4-8(9)13/h4-5,14H,2-3H2,1H3,(H,16,17). The largest absolute Gasteiger partial charge is 0.481 e. The third kappa shape index (κ3) is 4.68. The van der Waals surface area contributed by atoms with Crippen molar-refractivity contribution in [1.82, 2.24) is 4.31 Å². The maximum absolute atomic E-state index is 11.9. The number of halogens is 3. The Labute approximate surface area is 131 Å². The summed E-state index contributed by atoms with van der Waals surface area (Å²) >= 11 is 17.4. The molecular weight excluding hydrogens is 351 g/mol. The topological polar surface area (TPSA) is 86.7 Å². The van der Waals surface area contributed by atoms with Crippen molar-refractivity contribution in [3.8, 4) is 0 Å². The Morgan fingerprint density at radius 1 is 1.25 bits per heavy atom.